The first kappa shape index (κ1) is 6.49. The van der Waals surface area contributed by atoms with Gasteiger partial charge in [-0.3, -0.25) is 4.79 Å². The van der Waals surface area contributed by atoms with Gasteiger partial charge in [0, 0.05) is 12.5 Å². The quantitative estimate of drug-likeness (QED) is 0.558. The number of Topliss-reactive ketones (excluding diaryl/α,β-unsaturated/α-hetero) is 1. The third kappa shape index (κ3) is 1.19. The zero-order valence-electron chi connectivity index (χ0n) is 5.55. The van der Waals surface area contributed by atoms with Gasteiger partial charge in [-0.05, 0) is 12.0 Å². The van der Waals surface area contributed by atoms with Crippen LogP contribution in [-0.2, 0) is 4.79 Å². The molecule has 9 heavy (non-hydrogen) atoms. The Labute approximate surface area is 54.7 Å². The topological polar surface area (TPSA) is 43.1 Å². The van der Waals surface area contributed by atoms with Crippen LogP contribution in [0.2, 0.25) is 0 Å². The molecule has 0 saturated carbocycles. The van der Waals surface area contributed by atoms with E-state index in [0.717, 1.165) is 12.0 Å². The Hall–Kier alpha value is -0.630. The SMILES string of the molecule is CCC1=CC(N)CC1=O. The fraction of sp³-hybridized carbons (Fsp3) is 0.571. The largest absolute Gasteiger partial charge is 0.324 e. The van der Waals surface area contributed by atoms with Crippen molar-refractivity contribution in [1.29, 1.82) is 0 Å². The minimum atomic E-state index is -0.00699. The van der Waals surface area contributed by atoms with Crippen LogP contribution >= 0.6 is 0 Å². The Morgan fingerprint density at radius 1 is 1.89 bits per heavy atom. The fourth-order valence-electron chi connectivity index (χ4n) is 1.07. The van der Waals surface area contributed by atoms with Gasteiger partial charge in [0.2, 0.25) is 0 Å². The number of ketones is 1. The van der Waals surface area contributed by atoms with E-state index in [2.05, 4.69) is 0 Å². The molecule has 1 unspecified atom stereocenters. The lowest BCUT2D eigenvalue weighted by atomic mass is 10.2. The predicted molar refractivity (Wildman–Crippen MR) is 36.0 cm³/mol. The lowest BCUT2D eigenvalue weighted by Crippen LogP contribution is -2.14. The van der Waals surface area contributed by atoms with E-state index >= 15 is 0 Å². The molecule has 0 aromatic heterocycles. The Morgan fingerprint density at radius 2 is 2.56 bits per heavy atom. The van der Waals surface area contributed by atoms with Gasteiger partial charge in [0.1, 0.15) is 0 Å². The molecule has 0 aromatic carbocycles. The van der Waals surface area contributed by atoms with Gasteiger partial charge >= 0.3 is 0 Å². The average molecular weight is 125 g/mol. The highest BCUT2D eigenvalue weighted by Gasteiger charge is 2.18. The molecular weight excluding hydrogens is 114 g/mol. The van der Waals surface area contributed by atoms with E-state index in [1.54, 1.807) is 0 Å². The second-order valence-corrected chi connectivity index (χ2v) is 2.34. The molecule has 1 aliphatic carbocycles. The molecule has 0 amide bonds. The maximum atomic E-state index is 10.9. The van der Waals surface area contributed by atoms with Crippen molar-refractivity contribution in [2.75, 3.05) is 0 Å². The van der Waals surface area contributed by atoms with E-state index in [0.29, 0.717) is 6.42 Å². The number of allylic oxidation sites excluding steroid dienone is 1. The molecular formula is C7H11NO. The van der Waals surface area contributed by atoms with Crippen LogP contribution in [0.5, 0.6) is 0 Å². The van der Waals surface area contributed by atoms with Crippen LogP contribution in [0.25, 0.3) is 0 Å². The van der Waals surface area contributed by atoms with Crippen LogP contribution in [0.1, 0.15) is 19.8 Å². The summed E-state index contributed by atoms with van der Waals surface area (Å²) in [5.74, 6) is 0.227. The summed E-state index contributed by atoms with van der Waals surface area (Å²) in [6.45, 7) is 1.97. The maximum Gasteiger partial charge on any atom is 0.160 e. The third-order valence-electron chi connectivity index (χ3n) is 1.58. The number of hydrogen-bond donors (Lipinski definition) is 1. The van der Waals surface area contributed by atoms with Crippen LogP contribution in [0, 0.1) is 0 Å². The van der Waals surface area contributed by atoms with E-state index < -0.39 is 0 Å². The second-order valence-electron chi connectivity index (χ2n) is 2.34. The van der Waals surface area contributed by atoms with Crippen LogP contribution in [0.3, 0.4) is 0 Å². The number of carbonyl (C=O) groups is 1. The molecule has 1 atom stereocenters. The molecule has 0 saturated heterocycles. The first-order valence-electron chi connectivity index (χ1n) is 3.23. The molecule has 0 fully saturated rings. The molecule has 2 N–H and O–H groups in total. The summed E-state index contributed by atoms with van der Waals surface area (Å²) < 4.78 is 0. The van der Waals surface area contributed by atoms with E-state index in [4.69, 9.17) is 5.73 Å². The van der Waals surface area contributed by atoms with Gasteiger partial charge in [-0.2, -0.15) is 0 Å². The van der Waals surface area contributed by atoms with Crippen molar-refractivity contribution in [3.05, 3.63) is 11.6 Å². The van der Waals surface area contributed by atoms with Crippen molar-refractivity contribution in [2.45, 2.75) is 25.8 Å². The van der Waals surface area contributed by atoms with Gasteiger partial charge < -0.3 is 5.73 Å². The Morgan fingerprint density at radius 3 is 2.78 bits per heavy atom. The van der Waals surface area contributed by atoms with Gasteiger partial charge in [-0.25, -0.2) is 0 Å². The van der Waals surface area contributed by atoms with Gasteiger partial charge in [0.15, 0.2) is 5.78 Å². The summed E-state index contributed by atoms with van der Waals surface area (Å²) in [4.78, 5) is 10.9. The Kier molecular flexibility index (Phi) is 1.67. The average Bonchev–Trinajstić information content (AvgIpc) is 2.10. The molecule has 1 aliphatic rings. The predicted octanol–water partition coefficient (Wildman–Crippen LogP) is 0.623. The van der Waals surface area contributed by atoms with E-state index in [9.17, 15) is 4.79 Å². The lowest BCUT2D eigenvalue weighted by Gasteiger charge is -1.90. The molecule has 2 heteroatoms. The Bertz CT molecular complexity index is 160. The van der Waals surface area contributed by atoms with Crippen molar-refractivity contribution < 1.29 is 4.79 Å². The van der Waals surface area contributed by atoms with Gasteiger partial charge in [0.05, 0.1) is 0 Å². The number of carbonyl (C=O) groups excluding carboxylic acids is 1. The van der Waals surface area contributed by atoms with Crippen molar-refractivity contribution in [1.82, 2.24) is 0 Å². The maximum absolute atomic E-state index is 10.9. The minimum Gasteiger partial charge on any atom is -0.324 e. The first-order valence-corrected chi connectivity index (χ1v) is 3.23. The molecule has 0 aliphatic heterocycles. The normalized spacial score (nSPS) is 26.7. The lowest BCUT2D eigenvalue weighted by molar-refractivity contribution is -0.115. The summed E-state index contributed by atoms with van der Waals surface area (Å²) in [7, 11) is 0. The number of rotatable bonds is 1. The van der Waals surface area contributed by atoms with Crippen LogP contribution in [0.4, 0.5) is 0 Å². The van der Waals surface area contributed by atoms with E-state index in [1.807, 2.05) is 13.0 Å². The van der Waals surface area contributed by atoms with Gasteiger partial charge in [-0.15, -0.1) is 0 Å². The van der Waals surface area contributed by atoms with Crippen LogP contribution in [0.15, 0.2) is 11.6 Å². The van der Waals surface area contributed by atoms with Gasteiger partial charge in [-0.1, -0.05) is 13.0 Å². The highest BCUT2D eigenvalue weighted by atomic mass is 16.1. The molecule has 0 spiro atoms. The molecule has 50 valence electrons. The highest BCUT2D eigenvalue weighted by molar-refractivity contribution is 5.98. The number of nitrogens with two attached hydrogens (primary N) is 1. The smallest absolute Gasteiger partial charge is 0.160 e. The van der Waals surface area contributed by atoms with Crippen molar-refractivity contribution in [3.8, 4) is 0 Å². The standard InChI is InChI=1S/C7H11NO/c1-2-5-3-6(8)4-7(5)9/h3,6H,2,4,8H2,1H3. The monoisotopic (exact) mass is 125 g/mol. The summed E-state index contributed by atoms with van der Waals surface area (Å²) in [6.07, 6.45) is 3.21. The van der Waals surface area contributed by atoms with Crippen LogP contribution < -0.4 is 5.73 Å². The van der Waals surface area contributed by atoms with Crippen molar-refractivity contribution in [2.24, 2.45) is 5.73 Å². The molecule has 0 aromatic rings. The zero-order valence-corrected chi connectivity index (χ0v) is 5.55. The third-order valence-corrected chi connectivity index (χ3v) is 1.58. The van der Waals surface area contributed by atoms with Crippen molar-refractivity contribution >= 4 is 5.78 Å². The molecule has 1 rings (SSSR count). The number of hydrogen-bond acceptors (Lipinski definition) is 2. The fourth-order valence-corrected chi connectivity index (χ4v) is 1.07. The molecule has 0 bridgehead atoms. The summed E-state index contributed by atoms with van der Waals surface area (Å²) in [5.41, 5.74) is 6.40. The summed E-state index contributed by atoms with van der Waals surface area (Å²) in [6, 6.07) is -0.00699. The molecule has 2 nitrogen and oxygen atoms in total. The molecule has 0 radical (unpaired) electrons. The van der Waals surface area contributed by atoms with Gasteiger partial charge in [0.25, 0.3) is 0 Å². The highest BCUT2D eigenvalue weighted by Crippen LogP contribution is 2.15. The second kappa shape index (κ2) is 2.31. The Balaban J connectivity index is 2.68. The minimum absolute atomic E-state index is 0.00699. The van der Waals surface area contributed by atoms with Crippen LogP contribution in [-0.4, -0.2) is 11.8 Å². The van der Waals surface area contributed by atoms with Crippen molar-refractivity contribution in [3.63, 3.8) is 0 Å². The van der Waals surface area contributed by atoms with E-state index in [1.165, 1.54) is 0 Å². The summed E-state index contributed by atoms with van der Waals surface area (Å²) >= 11 is 0. The first-order chi connectivity index (χ1) is 4.24. The zero-order chi connectivity index (χ0) is 6.85. The molecule has 0 heterocycles. The van der Waals surface area contributed by atoms with E-state index in [-0.39, 0.29) is 11.8 Å². The summed E-state index contributed by atoms with van der Waals surface area (Å²) in [5, 5.41) is 0.